The summed E-state index contributed by atoms with van der Waals surface area (Å²) in [5.74, 6) is 1.26. The molecule has 2 aromatic carbocycles. The average Bonchev–Trinajstić information content (AvgIpc) is 2.50. The number of rotatable bonds is 4. The maximum Gasteiger partial charge on any atom is 0.126 e. The van der Waals surface area contributed by atoms with Gasteiger partial charge in [-0.15, -0.1) is 0 Å². The van der Waals surface area contributed by atoms with E-state index in [1.165, 1.54) is 12.1 Å². The Balaban J connectivity index is 0.000000381. The van der Waals surface area contributed by atoms with Crippen LogP contribution >= 0.6 is 0 Å². The summed E-state index contributed by atoms with van der Waals surface area (Å²) in [6.45, 7) is 11.9. The van der Waals surface area contributed by atoms with Crippen molar-refractivity contribution < 1.29 is 13.9 Å². The summed E-state index contributed by atoms with van der Waals surface area (Å²) < 4.78 is 23.2. The maximum absolute atomic E-state index is 12.5. The van der Waals surface area contributed by atoms with Gasteiger partial charge in [0.2, 0.25) is 0 Å². The molecule has 0 aliphatic heterocycles. The van der Waals surface area contributed by atoms with Gasteiger partial charge in [0.1, 0.15) is 17.3 Å². The van der Waals surface area contributed by atoms with Crippen LogP contribution in [0.5, 0.6) is 11.5 Å². The topological polar surface area (TPSA) is 18.5 Å². The van der Waals surface area contributed by atoms with E-state index < -0.39 is 0 Å². The summed E-state index contributed by atoms with van der Waals surface area (Å²) in [4.78, 5) is 0. The van der Waals surface area contributed by atoms with Crippen LogP contribution in [0.1, 0.15) is 41.5 Å². The largest absolute Gasteiger partial charge is 0.491 e. The van der Waals surface area contributed by atoms with Crippen molar-refractivity contribution in [2.45, 2.75) is 53.8 Å². The van der Waals surface area contributed by atoms with Gasteiger partial charge in [-0.2, -0.15) is 0 Å². The Bertz CT molecular complexity index is 510. The van der Waals surface area contributed by atoms with Gasteiger partial charge in [0.15, 0.2) is 0 Å². The van der Waals surface area contributed by atoms with Crippen molar-refractivity contribution in [2.75, 3.05) is 0 Å². The van der Waals surface area contributed by atoms with Crippen molar-refractivity contribution in [1.82, 2.24) is 0 Å². The van der Waals surface area contributed by atoms with Gasteiger partial charge in [-0.25, -0.2) is 4.39 Å². The maximum atomic E-state index is 12.5. The van der Waals surface area contributed by atoms with E-state index in [0.717, 1.165) is 5.75 Å². The zero-order valence-electron chi connectivity index (χ0n) is 15.0. The number of halogens is 1. The number of ether oxygens (including phenoxy) is 2. The van der Waals surface area contributed by atoms with Crippen LogP contribution in [0.4, 0.5) is 4.39 Å². The number of benzene rings is 2. The highest BCUT2D eigenvalue weighted by molar-refractivity contribution is 5.22. The van der Waals surface area contributed by atoms with E-state index >= 15 is 0 Å². The van der Waals surface area contributed by atoms with E-state index in [0.29, 0.717) is 5.75 Å². The van der Waals surface area contributed by atoms with Crippen LogP contribution < -0.4 is 9.47 Å². The molecule has 0 bridgehead atoms. The highest BCUT2D eigenvalue weighted by Gasteiger charge is 1.97. The molecule has 0 amide bonds. The lowest BCUT2D eigenvalue weighted by Gasteiger charge is -2.08. The smallest absolute Gasteiger partial charge is 0.126 e. The molecule has 0 aliphatic carbocycles. The Labute approximate surface area is 140 Å². The molecule has 0 saturated heterocycles. The molecule has 0 aliphatic rings. The first-order valence-electron chi connectivity index (χ1n) is 8.11. The Morgan fingerprint density at radius 3 is 1.65 bits per heavy atom. The lowest BCUT2D eigenvalue weighted by Crippen LogP contribution is -2.05. The number of hydrogen-bond acceptors (Lipinski definition) is 2. The van der Waals surface area contributed by atoms with Crippen LogP contribution in [0.15, 0.2) is 54.6 Å². The molecule has 0 spiro atoms. The minimum atomic E-state index is -0.261. The SMILES string of the molecule is CC.CC(C)Oc1cccc(F)c1.CC(C)Oc1ccccc1. The summed E-state index contributed by atoms with van der Waals surface area (Å²) >= 11 is 0. The van der Waals surface area contributed by atoms with Gasteiger partial charge in [-0.1, -0.05) is 38.1 Å². The molecule has 0 saturated carbocycles. The van der Waals surface area contributed by atoms with E-state index in [1.54, 1.807) is 12.1 Å². The second-order valence-electron chi connectivity index (χ2n) is 5.10. The molecule has 0 atom stereocenters. The summed E-state index contributed by atoms with van der Waals surface area (Å²) in [5.41, 5.74) is 0. The minimum absolute atomic E-state index is 0.0943. The second-order valence-corrected chi connectivity index (χ2v) is 5.10. The van der Waals surface area contributed by atoms with Crippen LogP contribution in [0, 0.1) is 5.82 Å². The standard InChI is InChI=1S/C9H11FO.C9H12O.C2H6/c1-7(2)11-9-5-3-4-8(10)6-9;1-8(2)10-9-6-4-3-5-7-9;1-2/h3-7H,1-2H3;3-8H,1-2H3;1-2H3. The van der Waals surface area contributed by atoms with E-state index in [1.807, 2.05) is 71.9 Å². The fraction of sp³-hybridized carbons (Fsp3) is 0.400. The van der Waals surface area contributed by atoms with E-state index in [9.17, 15) is 4.39 Å². The lowest BCUT2D eigenvalue weighted by atomic mass is 10.3. The first kappa shape index (κ1) is 21.0. The lowest BCUT2D eigenvalue weighted by molar-refractivity contribution is 0.241. The van der Waals surface area contributed by atoms with Crippen molar-refractivity contribution in [3.05, 3.63) is 60.4 Å². The fourth-order valence-electron chi connectivity index (χ4n) is 1.58. The normalized spacial score (nSPS) is 9.43. The van der Waals surface area contributed by atoms with E-state index in [4.69, 9.17) is 9.47 Å². The molecule has 0 N–H and O–H groups in total. The highest BCUT2D eigenvalue weighted by Crippen LogP contribution is 2.13. The van der Waals surface area contributed by atoms with Gasteiger partial charge in [0, 0.05) is 6.07 Å². The second kappa shape index (κ2) is 12.5. The molecule has 0 radical (unpaired) electrons. The first-order chi connectivity index (χ1) is 11.0. The third-order valence-corrected chi connectivity index (χ3v) is 2.28. The highest BCUT2D eigenvalue weighted by atomic mass is 19.1. The Morgan fingerprint density at radius 2 is 1.17 bits per heavy atom. The van der Waals surface area contributed by atoms with Gasteiger partial charge >= 0.3 is 0 Å². The molecule has 2 nitrogen and oxygen atoms in total. The van der Waals surface area contributed by atoms with Crippen molar-refractivity contribution in [3.8, 4) is 11.5 Å². The molecule has 0 unspecified atom stereocenters. The molecule has 23 heavy (non-hydrogen) atoms. The predicted molar refractivity (Wildman–Crippen MR) is 95.7 cm³/mol. The Hall–Kier alpha value is -2.03. The van der Waals surface area contributed by atoms with Gasteiger partial charge in [-0.05, 0) is 52.0 Å². The van der Waals surface area contributed by atoms with Gasteiger partial charge in [0.25, 0.3) is 0 Å². The zero-order chi connectivity index (χ0) is 17.7. The molecule has 128 valence electrons. The molecular weight excluding hydrogens is 291 g/mol. The summed E-state index contributed by atoms with van der Waals surface area (Å²) in [6.07, 6.45) is 0.360. The molecule has 0 aromatic heterocycles. The zero-order valence-corrected chi connectivity index (χ0v) is 15.0. The Kier molecular flexibility index (Phi) is 11.4. The summed E-state index contributed by atoms with van der Waals surface area (Å²) in [7, 11) is 0. The number of para-hydroxylation sites is 1. The fourth-order valence-corrected chi connectivity index (χ4v) is 1.58. The molecule has 2 rings (SSSR count). The van der Waals surface area contributed by atoms with E-state index in [-0.39, 0.29) is 18.0 Å². The molecular formula is C20H29FO2. The van der Waals surface area contributed by atoms with Gasteiger partial charge in [0.05, 0.1) is 12.2 Å². The van der Waals surface area contributed by atoms with Crippen molar-refractivity contribution >= 4 is 0 Å². The van der Waals surface area contributed by atoms with Crippen molar-refractivity contribution in [1.29, 1.82) is 0 Å². The third kappa shape index (κ3) is 11.2. The van der Waals surface area contributed by atoms with Crippen molar-refractivity contribution in [2.24, 2.45) is 0 Å². The van der Waals surface area contributed by atoms with Crippen LogP contribution in [0.25, 0.3) is 0 Å². The average molecular weight is 320 g/mol. The molecule has 3 heteroatoms. The molecule has 2 aromatic rings. The van der Waals surface area contributed by atoms with Crippen LogP contribution in [0.3, 0.4) is 0 Å². The first-order valence-corrected chi connectivity index (χ1v) is 8.11. The number of hydrogen-bond donors (Lipinski definition) is 0. The van der Waals surface area contributed by atoms with Crippen LogP contribution in [0.2, 0.25) is 0 Å². The van der Waals surface area contributed by atoms with Gasteiger partial charge < -0.3 is 9.47 Å². The van der Waals surface area contributed by atoms with Gasteiger partial charge in [-0.3, -0.25) is 0 Å². The van der Waals surface area contributed by atoms with Crippen molar-refractivity contribution in [3.63, 3.8) is 0 Å². The summed E-state index contributed by atoms with van der Waals surface area (Å²) in [5, 5.41) is 0. The van der Waals surface area contributed by atoms with Crippen LogP contribution in [-0.2, 0) is 0 Å². The molecule has 0 heterocycles. The third-order valence-electron chi connectivity index (χ3n) is 2.28. The monoisotopic (exact) mass is 320 g/mol. The minimum Gasteiger partial charge on any atom is -0.491 e. The Morgan fingerprint density at radius 1 is 0.696 bits per heavy atom. The quantitative estimate of drug-likeness (QED) is 0.676. The summed E-state index contributed by atoms with van der Waals surface area (Å²) in [6, 6.07) is 16.0. The predicted octanol–water partition coefficient (Wildman–Crippen LogP) is 6.11. The van der Waals surface area contributed by atoms with Crippen LogP contribution in [-0.4, -0.2) is 12.2 Å². The molecule has 0 fully saturated rings. The van der Waals surface area contributed by atoms with E-state index in [2.05, 4.69) is 0 Å².